The van der Waals surface area contributed by atoms with Gasteiger partial charge in [0.15, 0.2) is 0 Å². The van der Waals surface area contributed by atoms with Crippen LogP contribution in [0, 0.1) is 11.3 Å². The summed E-state index contributed by atoms with van der Waals surface area (Å²) in [6.45, 7) is 10.5. The predicted molar refractivity (Wildman–Crippen MR) is 61.0 cm³/mol. The quantitative estimate of drug-likeness (QED) is 0.599. The molecule has 0 fully saturated rings. The summed E-state index contributed by atoms with van der Waals surface area (Å²) in [4.78, 5) is 0. The fourth-order valence-electron chi connectivity index (χ4n) is 1.76. The van der Waals surface area contributed by atoms with Crippen molar-refractivity contribution in [3.05, 3.63) is 0 Å². The van der Waals surface area contributed by atoms with E-state index >= 15 is 0 Å². The Kier molecular flexibility index (Phi) is 6.40. The molecule has 1 nitrogen and oxygen atoms in total. The van der Waals surface area contributed by atoms with Gasteiger partial charge in [-0.1, -0.05) is 47.0 Å². The highest BCUT2D eigenvalue weighted by atomic mass is 14.8. The molecule has 0 saturated carbocycles. The predicted octanol–water partition coefficient (Wildman–Crippen LogP) is 3.45. The van der Waals surface area contributed by atoms with E-state index in [1.807, 2.05) is 0 Å². The van der Waals surface area contributed by atoms with Crippen molar-refractivity contribution in [3.63, 3.8) is 0 Å². The molecule has 1 N–H and O–H groups in total. The molecule has 0 radical (unpaired) electrons. The normalized spacial score (nSPS) is 16.2. The lowest BCUT2D eigenvalue weighted by Gasteiger charge is -2.33. The molecule has 0 aromatic rings. The number of hydrogen-bond donors (Lipinski definition) is 1. The minimum Gasteiger partial charge on any atom is -0.319 e. The second-order valence-electron chi connectivity index (χ2n) is 4.80. The molecule has 0 aromatic heterocycles. The van der Waals surface area contributed by atoms with E-state index in [1.54, 1.807) is 0 Å². The van der Waals surface area contributed by atoms with E-state index in [2.05, 4.69) is 40.1 Å². The molecule has 80 valence electrons. The summed E-state index contributed by atoms with van der Waals surface area (Å²) < 4.78 is 0. The molecule has 0 aliphatic heterocycles. The Morgan fingerprint density at radius 3 is 2.23 bits per heavy atom. The van der Waals surface area contributed by atoms with Crippen LogP contribution in [0.4, 0.5) is 0 Å². The first-order valence-electron chi connectivity index (χ1n) is 5.71. The number of rotatable bonds is 7. The van der Waals surface area contributed by atoms with Gasteiger partial charge in [0, 0.05) is 6.54 Å². The molecule has 0 aliphatic carbocycles. The Labute approximate surface area is 84.3 Å². The van der Waals surface area contributed by atoms with Crippen LogP contribution < -0.4 is 5.32 Å². The van der Waals surface area contributed by atoms with E-state index < -0.39 is 0 Å². The van der Waals surface area contributed by atoms with Crippen molar-refractivity contribution in [3.8, 4) is 0 Å². The zero-order valence-electron chi connectivity index (χ0n) is 10.1. The van der Waals surface area contributed by atoms with Crippen LogP contribution in [-0.4, -0.2) is 13.6 Å². The van der Waals surface area contributed by atoms with Crippen LogP contribution in [0.1, 0.15) is 53.4 Å². The minimum absolute atomic E-state index is 0.490. The van der Waals surface area contributed by atoms with Gasteiger partial charge in [-0.25, -0.2) is 0 Å². The van der Waals surface area contributed by atoms with Gasteiger partial charge in [-0.3, -0.25) is 0 Å². The molecule has 0 aliphatic rings. The zero-order valence-corrected chi connectivity index (χ0v) is 10.1. The van der Waals surface area contributed by atoms with E-state index in [4.69, 9.17) is 0 Å². The molecule has 0 saturated heterocycles. The van der Waals surface area contributed by atoms with E-state index in [-0.39, 0.29) is 0 Å². The van der Waals surface area contributed by atoms with Gasteiger partial charge < -0.3 is 5.32 Å². The van der Waals surface area contributed by atoms with Crippen molar-refractivity contribution in [2.75, 3.05) is 13.6 Å². The van der Waals surface area contributed by atoms with E-state index in [0.717, 1.165) is 12.5 Å². The number of nitrogens with one attached hydrogen (secondary N) is 1. The van der Waals surface area contributed by atoms with E-state index in [9.17, 15) is 0 Å². The molecule has 0 aromatic carbocycles. The second-order valence-corrected chi connectivity index (χ2v) is 4.80. The van der Waals surface area contributed by atoms with Crippen LogP contribution in [0.25, 0.3) is 0 Å². The van der Waals surface area contributed by atoms with Crippen molar-refractivity contribution in [1.29, 1.82) is 0 Å². The highest BCUT2D eigenvalue weighted by Gasteiger charge is 2.26. The lowest BCUT2D eigenvalue weighted by Crippen LogP contribution is -2.34. The standard InChI is InChI=1S/C12H27N/c1-6-7-8-9-12(4,10-13-5)11(2)3/h11,13H,6-10H2,1-5H3. The Morgan fingerprint density at radius 2 is 1.85 bits per heavy atom. The number of unbranched alkanes of at least 4 members (excludes halogenated alkanes) is 2. The molecule has 1 unspecified atom stereocenters. The maximum Gasteiger partial charge on any atom is 0.000461 e. The highest BCUT2D eigenvalue weighted by Crippen LogP contribution is 2.32. The van der Waals surface area contributed by atoms with Crippen molar-refractivity contribution < 1.29 is 0 Å². The topological polar surface area (TPSA) is 12.0 Å². The molecule has 0 spiro atoms. The van der Waals surface area contributed by atoms with Gasteiger partial charge in [0.2, 0.25) is 0 Å². The van der Waals surface area contributed by atoms with Crippen molar-refractivity contribution >= 4 is 0 Å². The molecular formula is C12H27N. The summed E-state index contributed by atoms with van der Waals surface area (Å²) in [5.41, 5.74) is 0.490. The molecule has 1 heteroatoms. The van der Waals surface area contributed by atoms with Crippen LogP contribution in [0.5, 0.6) is 0 Å². The summed E-state index contributed by atoms with van der Waals surface area (Å²) in [6, 6.07) is 0. The minimum atomic E-state index is 0.490. The second kappa shape index (κ2) is 6.42. The Balaban J connectivity index is 3.92. The lowest BCUT2D eigenvalue weighted by molar-refractivity contribution is 0.189. The highest BCUT2D eigenvalue weighted by molar-refractivity contribution is 4.79. The summed E-state index contributed by atoms with van der Waals surface area (Å²) in [6.07, 6.45) is 5.45. The molecule has 1 atom stereocenters. The van der Waals surface area contributed by atoms with Crippen molar-refractivity contribution in [1.82, 2.24) is 5.32 Å². The molecule has 0 heterocycles. The molecule has 13 heavy (non-hydrogen) atoms. The average Bonchev–Trinajstić information content (AvgIpc) is 2.05. The van der Waals surface area contributed by atoms with E-state index in [0.29, 0.717) is 5.41 Å². The average molecular weight is 185 g/mol. The Hall–Kier alpha value is -0.0400. The fraction of sp³-hybridized carbons (Fsp3) is 1.00. The van der Waals surface area contributed by atoms with Crippen LogP contribution in [0.3, 0.4) is 0 Å². The van der Waals surface area contributed by atoms with Crippen LogP contribution >= 0.6 is 0 Å². The van der Waals surface area contributed by atoms with Crippen LogP contribution in [0.15, 0.2) is 0 Å². The maximum absolute atomic E-state index is 3.32. The first-order chi connectivity index (χ1) is 6.06. The van der Waals surface area contributed by atoms with Crippen LogP contribution in [-0.2, 0) is 0 Å². The Bertz CT molecular complexity index is 120. The van der Waals surface area contributed by atoms with Gasteiger partial charge in [0.25, 0.3) is 0 Å². The van der Waals surface area contributed by atoms with Gasteiger partial charge >= 0.3 is 0 Å². The van der Waals surface area contributed by atoms with Gasteiger partial charge in [0.05, 0.1) is 0 Å². The van der Waals surface area contributed by atoms with Crippen molar-refractivity contribution in [2.24, 2.45) is 11.3 Å². The largest absolute Gasteiger partial charge is 0.319 e. The first kappa shape index (κ1) is 13.0. The maximum atomic E-state index is 3.32. The molecule has 0 amide bonds. The third kappa shape index (κ3) is 4.66. The monoisotopic (exact) mass is 185 g/mol. The zero-order chi connectivity index (χ0) is 10.3. The Morgan fingerprint density at radius 1 is 1.23 bits per heavy atom. The van der Waals surface area contributed by atoms with Gasteiger partial charge in [-0.2, -0.15) is 0 Å². The van der Waals surface area contributed by atoms with E-state index in [1.165, 1.54) is 25.7 Å². The number of hydrogen-bond acceptors (Lipinski definition) is 1. The summed E-state index contributed by atoms with van der Waals surface area (Å²) in [7, 11) is 2.06. The SMILES string of the molecule is CCCCCC(C)(CNC)C(C)C. The van der Waals surface area contributed by atoms with Gasteiger partial charge in [-0.05, 0) is 24.8 Å². The lowest BCUT2D eigenvalue weighted by atomic mass is 9.75. The third-order valence-corrected chi connectivity index (χ3v) is 3.33. The smallest absolute Gasteiger partial charge is 0.000461 e. The molecule has 0 bridgehead atoms. The van der Waals surface area contributed by atoms with Crippen molar-refractivity contribution in [2.45, 2.75) is 53.4 Å². The van der Waals surface area contributed by atoms with Crippen LogP contribution in [0.2, 0.25) is 0 Å². The molecular weight excluding hydrogens is 158 g/mol. The summed E-state index contributed by atoms with van der Waals surface area (Å²) >= 11 is 0. The fourth-order valence-corrected chi connectivity index (χ4v) is 1.76. The first-order valence-corrected chi connectivity index (χ1v) is 5.71. The van der Waals surface area contributed by atoms with Gasteiger partial charge in [0.1, 0.15) is 0 Å². The third-order valence-electron chi connectivity index (χ3n) is 3.33. The summed E-state index contributed by atoms with van der Waals surface area (Å²) in [5, 5.41) is 3.32. The summed E-state index contributed by atoms with van der Waals surface area (Å²) in [5.74, 6) is 0.775. The van der Waals surface area contributed by atoms with Gasteiger partial charge in [-0.15, -0.1) is 0 Å². The molecule has 0 rings (SSSR count).